The highest BCUT2D eigenvalue weighted by Gasteiger charge is 2.37. The minimum absolute atomic E-state index is 0.0492. The first kappa shape index (κ1) is 21.2. The Kier molecular flexibility index (Phi) is 6.21. The predicted octanol–water partition coefficient (Wildman–Crippen LogP) is 2.61. The van der Waals surface area contributed by atoms with Crippen LogP contribution in [0.4, 0.5) is 16.2 Å². The standard InChI is InChI=1S/C20H27ClN4O4/c1-20(2,3)29-18(27)16-5-4-9-25(16)19(28)23-13-6-7-15(14(21)11-13)24-10-8-22-17(26)12-24/h6-7,11,16H,4-5,8-10,12H2,1-3H3,(H,22,26)(H,23,28)/t16-/m0/s1. The van der Waals surface area contributed by atoms with Crippen molar-refractivity contribution >= 4 is 40.9 Å². The van der Waals surface area contributed by atoms with E-state index in [1.807, 2.05) is 4.90 Å². The molecule has 0 spiro atoms. The smallest absolute Gasteiger partial charge is 0.329 e. The zero-order valence-electron chi connectivity index (χ0n) is 17.0. The molecule has 0 saturated carbocycles. The molecule has 0 bridgehead atoms. The highest BCUT2D eigenvalue weighted by atomic mass is 35.5. The number of hydrogen-bond donors (Lipinski definition) is 2. The fourth-order valence-corrected chi connectivity index (χ4v) is 3.81. The number of urea groups is 1. The highest BCUT2D eigenvalue weighted by Crippen LogP contribution is 2.30. The number of nitrogens with zero attached hydrogens (tertiary/aromatic N) is 2. The van der Waals surface area contributed by atoms with Gasteiger partial charge < -0.3 is 25.2 Å². The van der Waals surface area contributed by atoms with E-state index in [2.05, 4.69) is 10.6 Å². The van der Waals surface area contributed by atoms with Gasteiger partial charge in [0.15, 0.2) is 0 Å². The second kappa shape index (κ2) is 8.49. The molecule has 0 radical (unpaired) electrons. The van der Waals surface area contributed by atoms with Crippen molar-refractivity contribution in [3.63, 3.8) is 0 Å². The van der Waals surface area contributed by atoms with Crippen molar-refractivity contribution in [1.29, 1.82) is 0 Å². The summed E-state index contributed by atoms with van der Waals surface area (Å²) in [4.78, 5) is 40.2. The molecule has 0 aromatic heterocycles. The average molecular weight is 423 g/mol. The number of hydrogen-bond acceptors (Lipinski definition) is 5. The molecule has 2 aliphatic rings. The number of amides is 3. The van der Waals surface area contributed by atoms with Gasteiger partial charge in [-0.2, -0.15) is 0 Å². The summed E-state index contributed by atoms with van der Waals surface area (Å²) in [5.41, 5.74) is 0.670. The predicted molar refractivity (Wildman–Crippen MR) is 111 cm³/mol. The van der Waals surface area contributed by atoms with Gasteiger partial charge in [0.05, 0.1) is 17.3 Å². The molecule has 29 heavy (non-hydrogen) atoms. The Morgan fingerprint density at radius 2 is 2.03 bits per heavy atom. The molecular formula is C20H27ClN4O4. The molecule has 8 nitrogen and oxygen atoms in total. The van der Waals surface area contributed by atoms with Gasteiger partial charge in [0, 0.05) is 25.3 Å². The third-order valence-electron chi connectivity index (χ3n) is 4.77. The molecule has 1 aromatic carbocycles. The summed E-state index contributed by atoms with van der Waals surface area (Å²) in [6.07, 6.45) is 1.33. The summed E-state index contributed by atoms with van der Waals surface area (Å²) in [6, 6.07) is 4.23. The van der Waals surface area contributed by atoms with Crippen LogP contribution in [0.5, 0.6) is 0 Å². The molecule has 2 fully saturated rings. The van der Waals surface area contributed by atoms with E-state index in [9.17, 15) is 14.4 Å². The zero-order chi connectivity index (χ0) is 21.2. The van der Waals surface area contributed by atoms with Gasteiger partial charge in [0.1, 0.15) is 11.6 Å². The van der Waals surface area contributed by atoms with Crippen LogP contribution in [0, 0.1) is 0 Å². The molecule has 2 saturated heterocycles. The normalized spacial score (nSPS) is 19.7. The number of piperazine rings is 1. The number of benzene rings is 1. The van der Waals surface area contributed by atoms with Crippen molar-refractivity contribution in [3.8, 4) is 0 Å². The van der Waals surface area contributed by atoms with Crippen molar-refractivity contribution in [2.24, 2.45) is 0 Å². The number of halogens is 1. The van der Waals surface area contributed by atoms with Gasteiger partial charge in [-0.3, -0.25) is 4.79 Å². The quantitative estimate of drug-likeness (QED) is 0.730. The summed E-state index contributed by atoms with van der Waals surface area (Å²) in [6.45, 7) is 7.39. The molecule has 2 N–H and O–H groups in total. The van der Waals surface area contributed by atoms with Crippen LogP contribution in [0.25, 0.3) is 0 Å². The van der Waals surface area contributed by atoms with E-state index < -0.39 is 11.6 Å². The van der Waals surface area contributed by atoms with Crippen LogP contribution in [0.15, 0.2) is 18.2 Å². The number of nitrogens with one attached hydrogen (secondary N) is 2. The largest absolute Gasteiger partial charge is 0.458 e. The van der Waals surface area contributed by atoms with E-state index in [1.54, 1.807) is 39.0 Å². The average Bonchev–Trinajstić information content (AvgIpc) is 3.10. The van der Waals surface area contributed by atoms with Crippen LogP contribution >= 0.6 is 11.6 Å². The topological polar surface area (TPSA) is 91.0 Å². The lowest BCUT2D eigenvalue weighted by Crippen LogP contribution is -2.47. The second-order valence-corrected chi connectivity index (χ2v) is 8.66. The number of anilines is 2. The van der Waals surface area contributed by atoms with Crippen LogP contribution in [0.1, 0.15) is 33.6 Å². The number of likely N-dealkylation sites (tertiary alicyclic amines) is 1. The summed E-state index contributed by atoms with van der Waals surface area (Å²) >= 11 is 6.39. The van der Waals surface area contributed by atoms with Crippen molar-refractivity contribution in [1.82, 2.24) is 10.2 Å². The van der Waals surface area contributed by atoms with Gasteiger partial charge in [-0.05, 0) is 51.8 Å². The Hall–Kier alpha value is -2.48. The molecule has 1 atom stereocenters. The Bertz CT molecular complexity index is 808. The molecule has 2 aliphatic heterocycles. The Balaban J connectivity index is 1.66. The first-order valence-corrected chi connectivity index (χ1v) is 10.1. The number of esters is 1. The van der Waals surface area contributed by atoms with Gasteiger partial charge in [-0.1, -0.05) is 11.6 Å². The summed E-state index contributed by atoms with van der Waals surface area (Å²) in [5, 5.41) is 6.03. The Morgan fingerprint density at radius 1 is 1.28 bits per heavy atom. The molecule has 158 valence electrons. The number of carbonyl (C=O) groups is 3. The number of carbonyl (C=O) groups excluding carboxylic acids is 3. The third kappa shape index (κ3) is 5.32. The zero-order valence-corrected chi connectivity index (χ0v) is 17.7. The molecule has 3 amide bonds. The lowest BCUT2D eigenvalue weighted by molar-refractivity contribution is -0.159. The summed E-state index contributed by atoms with van der Waals surface area (Å²) in [7, 11) is 0. The van der Waals surface area contributed by atoms with Crippen LogP contribution < -0.4 is 15.5 Å². The van der Waals surface area contributed by atoms with Crippen LogP contribution in [-0.4, -0.2) is 60.6 Å². The van der Waals surface area contributed by atoms with E-state index in [0.29, 0.717) is 36.8 Å². The van der Waals surface area contributed by atoms with Crippen molar-refractivity contribution in [2.75, 3.05) is 36.4 Å². The van der Waals surface area contributed by atoms with Crippen LogP contribution in [0.2, 0.25) is 5.02 Å². The van der Waals surface area contributed by atoms with Gasteiger partial charge in [-0.25, -0.2) is 9.59 Å². The van der Waals surface area contributed by atoms with E-state index >= 15 is 0 Å². The van der Waals surface area contributed by atoms with Gasteiger partial charge in [0.2, 0.25) is 5.91 Å². The van der Waals surface area contributed by atoms with Crippen LogP contribution in [-0.2, 0) is 14.3 Å². The van der Waals surface area contributed by atoms with Crippen molar-refractivity contribution < 1.29 is 19.1 Å². The minimum Gasteiger partial charge on any atom is -0.458 e. The van der Waals surface area contributed by atoms with E-state index in [-0.39, 0.29) is 24.5 Å². The maximum absolute atomic E-state index is 12.7. The molecular weight excluding hydrogens is 396 g/mol. The lowest BCUT2D eigenvalue weighted by Gasteiger charge is -2.30. The SMILES string of the molecule is CC(C)(C)OC(=O)[C@@H]1CCCN1C(=O)Nc1ccc(N2CCNC(=O)C2)c(Cl)c1. The fraction of sp³-hybridized carbons (Fsp3) is 0.550. The Morgan fingerprint density at radius 3 is 2.69 bits per heavy atom. The van der Waals surface area contributed by atoms with E-state index in [1.165, 1.54) is 4.90 Å². The van der Waals surface area contributed by atoms with Crippen molar-refractivity contribution in [3.05, 3.63) is 23.2 Å². The van der Waals surface area contributed by atoms with E-state index in [4.69, 9.17) is 16.3 Å². The van der Waals surface area contributed by atoms with Gasteiger partial charge in [0.25, 0.3) is 0 Å². The lowest BCUT2D eigenvalue weighted by atomic mass is 10.1. The first-order chi connectivity index (χ1) is 13.6. The molecule has 1 aromatic rings. The monoisotopic (exact) mass is 422 g/mol. The summed E-state index contributed by atoms with van der Waals surface area (Å²) in [5.74, 6) is -0.436. The number of rotatable bonds is 3. The molecule has 2 heterocycles. The molecule has 0 aliphatic carbocycles. The highest BCUT2D eigenvalue weighted by molar-refractivity contribution is 6.33. The Labute approximate surface area is 175 Å². The first-order valence-electron chi connectivity index (χ1n) is 9.76. The van der Waals surface area contributed by atoms with Gasteiger partial charge in [-0.15, -0.1) is 0 Å². The maximum atomic E-state index is 12.7. The maximum Gasteiger partial charge on any atom is 0.329 e. The number of ether oxygens (including phenoxy) is 1. The van der Waals surface area contributed by atoms with E-state index in [0.717, 1.165) is 12.1 Å². The summed E-state index contributed by atoms with van der Waals surface area (Å²) < 4.78 is 5.44. The molecule has 3 rings (SSSR count). The van der Waals surface area contributed by atoms with Crippen LogP contribution in [0.3, 0.4) is 0 Å². The molecule has 0 unspecified atom stereocenters. The van der Waals surface area contributed by atoms with Gasteiger partial charge >= 0.3 is 12.0 Å². The fourth-order valence-electron chi connectivity index (χ4n) is 3.51. The molecule has 9 heteroatoms. The minimum atomic E-state index is -0.601. The second-order valence-electron chi connectivity index (χ2n) is 8.25. The third-order valence-corrected chi connectivity index (χ3v) is 5.07. The van der Waals surface area contributed by atoms with Crippen molar-refractivity contribution in [2.45, 2.75) is 45.3 Å².